The van der Waals surface area contributed by atoms with E-state index in [1.807, 2.05) is 0 Å². The van der Waals surface area contributed by atoms with E-state index in [0.29, 0.717) is 0 Å². The molecule has 0 spiro atoms. The number of aromatic nitrogens is 1. The topological polar surface area (TPSA) is 28.2 Å². The second kappa shape index (κ2) is 5.46. The van der Waals surface area contributed by atoms with E-state index < -0.39 is 0 Å². The van der Waals surface area contributed by atoms with Crippen LogP contribution < -0.4 is 5.32 Å². The van der Waals surface area contributed by atoms with Gasteiger partial charge in [-0.05, 0) is 20.3 Å². The molecule has 0 unspecified atom stereocenters. The van der Waals surface area contributed by atoms with Crippen LogP contribution in [0.3, 0.4) is 0 Å². The van der Waals surface area contributed by atoms with E-state index in [4.69, 9.17) is 0 Å². The van der Waals surface area contributed by atoms with Gasteiger partial charge in [0.15, 0.2) is 0 Å². The molecular formula is C13H23N3S. The minimum atomic E-state index is 0.223. The van der Waals surface area contributed by atoms with Gasteiger partial charge in [0.1, 0.15) is 0 Å². The van der Waals surface area contributed by atoms with Gasteiger partial charge in [-0.1, -0.05) is 6.92 Å². The van der Waals surface area contributed by atoms with E-state index in [9.17, 15) is 0 Å². The summed E-state index contributed by atoms with van der Waals surface area (Å²) in [5.41, 5.74) is 1.48. The molecule has 0 radical (unpaired) electrons. The van der Waals surface area contributed by atoms with Gasteiger partial charge in [-0.15, -0.1) is 11.3 Å². The zero-order valence-electron chi connectivity index (χ0n) is 11.1. The zero-order chi connectivity index (χ0) is 12.3. The molecule has 0 saturated carbocycles. The number of nitrogens with zero attached hydrogens (tertiary/aromatic N) is 2. The molecule has 1 saturated heterocycles. The van der Waals surface area contributed by atoms with Crippen LogP contribution in [0.25, 0.3) is 0 Å². The highest BCUT2D eigenvalue weighted by Gasteiger charge is 2.28. The fourth-order valence-electron chi connectivity index (χ4n) is 2.42. The van der Waals surface area contributed by atoms with Crippen molar-refractivity contribution in [3.05, 3.63) is 16.1 Å². The second-order valence-corrected chi connectivity index (χ2v) is 6.26. The molecule has 1 fully saturated rings. The van der Waals surface area contributed by atoms with Crippen LogP contribution in [0.5, 0.6) is 0 Å². The van der Waals surface area contributed by atoms with Gasteiger partial charge in [-0.2, -0.15) is 0 Å². The van der Waals surface area contributed by atoms with E-state index in [-0.39, 0.29) is 5.54 Å². The Morgan fingerprint density at radius 2 is 2.12 bits per heavy atom. The first-order valence-corrected chi connectivity index (χ1v) is 7.39. The lowest BCUT2D eigenvalue weighted by molar-refractivity contribution is 0.103. The summed E-state index contributed by atoms with van der Waals surface area (Å²) in [5.74, 6) is 0. The molecule has 0 bridgehead atoms. The van der Waals surface area contributed by atoms with E-state index >= 15 is 0 Å². The van der Waals surface area contributed by atoms with Crippen LogP contribution >= 0.6 is 11.3 Å². The first-order valence-electron chi connectivity index (χ1n) is 6.51. The predicted molar refractivity (Wildman–Crippen MR) is 73.7 cm³/mol. The minimum Gasteiger partial charge on any atom is -0.314 e. The normalized spacial score (nSPS) is 18.5. The van der Waals surface area contributed by atoms with Gasteiger partial charge < -0.3 is 5.32 Å². The number of hydrogen-bond acceptors (Lipinski definition) is 4. The summed E-state index contributed by atoms with van der Waals surface area (Å²) in [6.45, 7) is 11.4. The van der Waals surface area contributed by atoms with E-state index in [1.165, 1.54) is 10.7 Å². The van der Waals surface area contributed by atoms with Crippen LogP contribution in [-0.2, 0) is 12.8 Å². The number of aryl methyl sites for hydroxylation is 1. The molecular weight excluding hydrogens is 230 g/mol. The zero-order valence-corrected chi connectivity index (χ0v) is 11.9. The highest BCUT2D eigenvalue weighted by molar-refractivity contribution is 7.09. The number of hydrogen-bond donors (Lipinski definition) is 1. The quantitative estimate of drug-likeness (QED) is 0.889. The van der Waals surface area contributed by atoms with Crippen LogP contribution in [0, 0.1) is 0 Å². The Hall–Kier alpha value is -0.450. The third-order valence-electron chi connectivity index (χ3n) is 3.49. The molecule has 1 aliphatic rings. The molecule has 1 aromatic heterocycles. The Balaban J connectivity index is 1.99. The van der Waals surface area contributed by atoms with Gasteiger partial charge >= 0.3 is 0 Å². The van der Waals surface area contributed by atoms with E-state index in [0.717, 1.165) is 39.0 Å². The van der Waals surface area contributed by atoms with Crippen molar-refractivity contribution in [1.82, 2.24) is 15.2 Å². The molecule has 1 N–H and O–H groups in total. The number of piperazine rings is 1. The van der Waals surface area contributed by atoms with Crippen molar-refractivity contribution in [3.63, 3.8) is 0 Å². The Labute approximate surface area is 108 Å². The Kier molecular flexibility index (Phi) is 4.17. The second-order valence-electron chi connectivity index (χ2n) is 5.31. The summed E-state index contributed by atoms with van der Waals surface area (Å²) in [4.78, 5) is 7.26. The van der Waals surface area contributed by atoms with Crippen molar-refractivity contribution >= 4 is 11.3 Å². The Morgan fingerprint density at radius 1 is 1.41 bits per heavy atom. The molecule has 0 aromatic carbocycles. The molecule has 17 heavy (non-hydrogen) atoms. The summed E-state index contributed by atoms with van der Waals surface area (Å²) in [6, 6.07) is 0. The van der Waals surface area contributed by atoms with E-state index in [1.54, 1.807) is 11.3 Å². The van der Waals surface area contributed by atoms with Crippen LogP contribution in [0.4, 0.5) is 0 Å². The van der Waals surface area contributed by atoms with Gasteiger partial charge in [-0.25, -0.2) is 4.98 Å². The van der Waals surface area contributed by atoms with E-state index in [2.05, 4.69) is 41.4 Å². The molecule has 1 aromatic rings. The van der Waals surface area contributed by atoms with Crippen molar-refractivity contribution in [3.8, 4) is 0 Å². The summed E-state index contributed by atoms with van der Waals surface area (Å²) in [6.07, 6.45) is 2.11. The molecule has 96 valence electrons. The minimum absolute atomic E-state index is 0.223. The lowest BCUT2D eigenvalue weighted by Crippen LogP contribution is -2.54. The molecule has 2 heterocycles. The van der Waals surface area contributed by atoms with Crippen LogP contribution in [0.1, 0.15) is 31.5 Å². The fraction of sp³-hybridized carbons (Fsp3) is 0.769. The maximum Gasteiger partial charge on any atom is 0.0925 e. The van der Waals surface area contributed by atoms with Crippen molar-refractivity contribution < 1.29 is 0 Å². The number of thiazole rings is 1. The van der Waals surface area contributed by atoms with Crippen molar-refractivity contribution in [1.29, 1.82) is 0 Å². The van der Waals surface area contributed by atoms with Gasteiger partial charge in [-0.3, -0.25) is 4.90 Å². The summed E-state index contributed by atoms with van der Waals surface area (Å²) in [7, 11) is 0. The van der Waals surface area contributed by atoms with Gasteiger partial charge in [0.05, 0.1) is 10.7 Å². The average molecular weight is 253 g/mol. The fourth-order valence-corrected chi connectivity index (χ4v) is 3.16. The molecule has 4 heteroatoms. The average Bonchev–Trinajstić information content (AvgIpc) is 2.77. The molecule has 0 atom stereocenters. The maximum absolute atomic E-state index is 4.68. The number of nitrogens with one attached hydrogen (secondary N) is 1. The molecule has 3 nitrogen and oxygen atoms in total. The van der Waals surface area contributed by atoms with Crippen LogP contribution in [0.2, 0.25) is 0 Å². The summed E-state index contributed by atoms with van der Waals surface area (Å²) >= 11 is 1.79. The summed E-state index contributed by atoms with van der Waals surface area (Å²) in [5, 5.41) is 6.89. The molecule has 0 aliphatic carbocycles. The smallest absolute Gasteiger partial charge is 0.0925 e. The highest BCUT2D eigenvalue weighted by atomic mass is 32.1. The summed E-state index contributed by atoms with van der Waals surface area (Å²) < 4.78 is 0. The van der Waals surface area contributed by atoms with Crippen LogP contribution in [0.15, 0.2) is 5.38 Å². The molecule has 0 amide bonds. The van der Waals surface area contributed by atoms with Gasteiger partial charge in [0.2, 0.25) is 0 Å². The molecule has 1 aliphatic heterocycles. The highest BCUT2D eigenvalue weighted by Crippen LogP contribution is 2.22. The lowest BCUT2D eigenvalue weighted by atomic mass is 9.95. The maximum atomic E-state index is 4.68. The standard InChI is InChI=1S/C13H23N3S/c1-4-12-15-11(10-17-12)9-13(2,3)16-7-5-14-6-8-16/h10,14H,4-9H2,1-3H3. The SMILES string of the molecule is CCc1nc(CC(C)(C)N2CCNCC2)cs1. The van der Waals surface area contributed by atoms with Crippen LogP contribution in [-0.4, -0.2) is 41.6 Å². The first kappa shape index (κ1) is 13.0. The van der Waals surface area contributed by atoms with Crippen molar-refractivity contribution in [2.75, 3.05) is 26.2 Å². The van der Waals surface area contributed by atoms with Crippen molar-refractivity contribution in [2.45, 2.75) is 39.2 Å². The third kappa shape index (κ3) is 3.27. The Bertz CT molecular complexity index is 353. The van der Waals surface area contributed by atoms with Crippen molar-refractivity contribution in [2.24, 2.45) is 0 Å². The van der Waals surface area contributed by atoms with Gasteiger partial charge in [0.25, 0.3) is 0 Å². The third-order valence-corrected chi connectivity index (χ3v) is 4.53. The lowest BCUT2D eigenvalue weighted by Gasteiger charge is -2.41. The monoisotopic (exact) mass is 253 g/mol. The molecule has 2 rings (SSSR count). The Morgan fingerprint density at radius 3 is 2.71 bits per heavy atom. The largest absolute Gasteiger partial charge is 0.314 e. The number of rotatable bonds is 4. The first-order chi connectivity index (χ1) is 8.12. The van der Waals surface area contributed by atoms with Gasteiger partial charge in [0, 0.05) is 43.5 Å². The predicted octanol–water partition coefficient (Wildman–Crippen LogP) is 1.93.